The van der Waals surface area contributed by atoms with E-state index in [2.05, 4.69) is 6.07 Å². The van der Waals surface area contributed by atoms with Gasteiger partial charge in [-0.25, -0.2) is 0 Å². The zero-order chi connectivity index (χ0) is 9.97. The molecule has 0 unspecified atom stereocenters. The van der Waals surface area contributed by atoms with Crippen molar-refractivity contribution in [3.05, 3.63) is 29.3 Å². The number of aliphatic hydroxyl groups excluding tert-OH is 1. The molecule has 2 rings (SSSR count). The maximum atomic E-state index is 8.79. The molecule has 0 bridgehead atoms. The topological polar surface area (TPSA) is 55.5 Å². The van der Waals surface area contributed by atoms with Gasteiger partial charge in [-0.15, -0.1) is 12.4 Å². The largest absolute Gasteiger partial charge is 0.493 e. The molecule has 0 spiro atoms. The summed E-state index contributed by atoms with van der Waals surface area (Å²) in [6.45, 7) is 0.906. The lowest BCUT2D eigenvalue weighted by Crippen LogP contribution is -2.11. The highest BCUT2D eigenvalue weighted by Crippen LogP contribution is 2.28. The molecule has 0 aromatic heterocycles. The molecule has 1 aromatic rings. The van der Waals surface area contributed by atoms with Gasteiger partial charge in [-0.3, -0.25) is 0 Å². The molecule has 4 heteroatoms. The molecule has 1 heterocycles. The molecule has 0 fully saturated rings. The van der Waals surface area contributed by atoms with Gasteiger partial charge in [0.25, 0.3) is 0 Å². The third-order valence-electron chi connectivity index (χ3n) is 2.58. The third-order valence-corrected chi connectivity index (χ3v) is 2.58. The number of fused-ring (bicyclic) bond motifs is 1. The van der Waals surface area contributed by atoms with Crippen LogP contribution in [0.1, 0.15) is 23.6 Å². The molecule has 0 saturated carbocycles. The lowest BCUT2D eigenvalue weighted by Gasteiger charge is -2.11. The number of hydrogen-bond donors (Lipinski definition) is 2. The predicted molar refractivity (Wildman–Crippen MR) is 61.5 cm³/mol. The number of aliphatic hydroxyl groups is 1. The van der Waals surface area contributed by atoms with Crippen LogP contribution in [-0.4, -0.2) is 18.3 Å². The van der Waals surface area contributed by atoms with Crippen molar-refractivity contribution in [1.82, 2.24) is 0 Å². The van der Waals surface area contributed by atoms with Gasteiger partial charge < -0.3 is 15.6 Å². The van der Waals surface area contributed by atoms with Gasteiger partial charge >= 0.3 is 0 Å². The van der Waals surface area contributed by atoms with Crippen molar-refractivity contribution in [2.24, 2.45) is 5.73 Å². The molecule has 1 atom stereocenters. The maximum absolute atomic E-state index is 8.79. The number of nitrogens with two attached hydrogens (primary N) is 1. The van der Waals surface area contributed by atoms with Gasteiger partial charge in [0.15, 0.2) is 0 Å². The number of benzene rings is 1. The molecular weight excluding hydrogens is 214 g/mol. The minimum absolute atomic E-state index is 0. The highest BCUT2D eigenvalue weighted by Gasteiger charge is 2.14. The van der Waals surface area contributed by atoms with Gasteiger partial charge in [-0.05, 0) is 23.6 Å². The van der Waals surface area contributed by atoms with Gasteiger partial charge in [0, 0.05) is 19.1 Å². The summed E-state index contributed by atoms with van der Waals surface area (Å²) < 4.78 is 5.40. The molecule has 1 aliphatic heterocycles. The van der Waals surface area contributed by atoms with Crippen LogP contribution in [0.15, 0.2) is 18.2 Å². The van der Waals surface area contributed by atoms with Crippen LogP contribution < -0.4 is 10.5 Å². The zero-order valence-electron chi connectivity index (χ0n) is 8.48. The van der Waals surface area contributed by atoms with Crippen molar-refractivity contribution in [2.75, 3.05) is 13.2 Å². The Bertz CT molecular complexity index is 330. The fourth-order valence-electron chi connectivity index (χ4n) is 1.74. The molecule has 0 aliphatic carbocycles. The van der Waals surface area contributed by atoms with Crippen molar-refractivity contribution in [2.45, 2.75) is 18.9 Å². The number of ether oxygens (including phenoxy) is 1. The van der Waals surface area contributed by atoms with E-state index in [1.807, 2.05) is 12.1 Å². The van der Waals surface area contributed by atoms with E-state index in [0.717, 1.165) is 24.3 Å². The lowest BCUT2D eigenvalue weighted by molar-refractivity contribution is 0.276. The Hall–Kier alpha value is -0.770. The Kier molecular flexibility index (Phi) is 4.39. The Labute approximate surface area is 95.7 Å². The van der Waals surface area contributed by atoms with Gasteiger partial charge in [-0.1, -0.05) is 12.1 Å². The van der Waals surface area contributed by atoms with Crippen LogP contribution in [0.2, 0.25) is 0 Å². The first kappa shape index (κ1) is 12.3. The molecular formula is C11H16ClNO2. The molecule has 0 saturated heterocycles. The lowest BCUT2D eigenvalue weighted by atomic mass is 10.0. The molecule has 0 radical (unpaired) electrons. The Morgan fingerprint density at radius 2 is 2.27 bits per heavy atom. The predicted octanol–water partition coefficient (Wildman–Crippen LogP) is 1.43. The van der Waals surface area contributed by atoms with E-state index < -0.39 is 0 Å². The molecule has 1 aliphatic rings. The van der Waals surface area contributed by atoms with Crippen molar-refractivity contribution >= 4 is 12.4 Å². The third kappa shape index (κ3) is 2.62. The first-order valence-corrected chi connectivity index (χ1v) is 4.93. The average molecular weight is 230 g/mol. The highest BCUT2D eigenvalue weighted by atomic mass is 35.5. The Morgan fingerprint density at radius 1 is 1.47 bits per heavy atom. The molecule has 3 N–H and O–H groups in total. The summed E-state index contributed by atoms with van der Waals surface area (Å²) in [5.41, 5.74) is 8.22. The quantitative estimate of drug-likeness (QED) is 0.825. The minimum Gasteiger partial charge on any atom is -0.493 e. The van der Waals surface area contributed by atoms with Crippen LogP contribution in [0.5, 0.6) is 5.75 Å². The Balaban J connectivity index is 0.00000112. The standard InChI is InChI=1S/C11H15NO2.ClH/c12-10(3-5-13)8-1-2-11-9(7-8)4-6-14-11;/h1-2,7,10,13H,3-6,12H2;1H/t10-;/m0./s1. The van der Waals surface area contributed by atoms with Crippen molar-refractivity contribution < 1.29 is 9.84 Å². The fourth-order valence-corrected chi connectivity index (χ4v) is 1.74. The average Bonchev–Trinajstić information content (AvgIpc) is 2.64. The van der Waals surface area contributed by atoms with Crippen LogP contribution in [0.25, 0.3) is 0 Å². The van der Waals surface area contributed by atoms with Crippen molar-refractivity contribution in [3.63, 3.8) is 0 Å². The number of rotatable bonds is 3. The summed E-state index contributed by atoms with van der Waals surface area (Å²) in [5.74, 6) is 0.977. The van der Waals surface area contributed by atoms with Crippen LogP contribution in [-0.2, 0) is 6.42 Å². The van der Waals surface area contributed by atoms with E-state index in [9.17, 15) is 0 Å². The molecule has 84 valence electrons. The smallest absolute Gasteiger partial charge is 0.122 e. The second kappa shape index (κ2) is 5.35. The fraction of sp³-hybridized carbons (Fsp3) is 0.455. The van der Waals surface area contributed by atoms with Gasteiger partial charge in [-0.2, -0.15) is 0 Å². The zero-order valence-corrected chi connectivity index (χ0v) is 9.30. The summed E-state index contributed by atoms with van der Waals surface area (Å²) in [5, 5.41) is 8.79. The minimum atomic E-state index is -0.0640. The highest BCUT2D eigenvalue weighted by molar-refractivity contribution is 5.85. The summed E-state index contributed by atoms with van der Waals surface area (Å²) >= 11 is 0. The second-order valence-electron chi connectivity index (χ2n) is 3.58. The number of halogens is 1. The molecule has 3 nitrogen and oxygen atoms in total. The van der Waals surface area contributed by atoms with Crippen LogP contribution in [0, 0.1) is 0 Å². The first-order valence-electron chi connectivity index (χ1n) is 4.93. The number of hydrogen-bond acceptors (Lipinski definition) is 3. The summed E-state index contributed by atoms with van der Waals surface area (Å²) in [6.07, 6.45) is 1.58. The van der Waals surface area contributed by atoms with Crippen molar-refractivity contribution in [1.29, 1.82) is 0 Å². The van der Waals surface area contributed by atoms with Crippen LogP contribution in [0.4, 0.5) is 0 Å². The van der Waals surface area contributed by atoms with E-state index in [4.69, 9.17) is 15.6 Å². The summed E-state index contributed by atoms with van der Waals surface area (Å²) in [4.78, 5) is 0. The SMILES string of the molecule is Cl.N[C@@H](CCO)c1ccc2c(c1)CCO2. The van der Waals surface area contributed by atoms with E-state index in [1.54, 1.807) is 0 Å². The van der Waals surface area contributed by atoms with Crippen LogP contribution >= 0.6 is 12.4 Å². The summed E-state index contributed by atoms with van der Waals surface area (Å²) in [7, 11) is 0. The van der Waals surface area contributed by atoms with Crippen LogP contribution in [0.3, 0.4) is 0 Å². The molecule has 1 aromatic carbocycles. The molecule has 15 heavy (non-hydrogen) atoms. The molecule has 0 amide bonds. The summed E-state index contributed by atoms with van der Waals surface area (Å²) in [6, 6.07) is 5.97. The second-order valence-corrected chi connectivity index (χ2v) is 3.58. The van der Waals surface area contributed by atoms with Crippen molar-refractivity contribution in [3.8, 4) is 5.75 Å². The van der Waals surface area contributed by atoms with Gasteiger partial charge in [0.05, 0.1) is 6.61 Å². The maximum Gasteiger partial charge on any atom is 0.122 e. The van der Waals surface area contributed by atoms with Gasteiger partial charge in [0.2, 0.25) is 0 Å². The van der Waals surface area contributed by atoms with Gasteiger partial charge in [0.1, 0.15) is 5.75 Å². The monoisotopic (exact) mass is 229 g/mol. The van der Waals surface area contributed by atoms with E-state index in [0.29, 0.717) is 6.42 Å². The Morgan fingerprint density at radius 3 is 3.00 bits per heavy atom. The normalized spacial score (nSPS) is 15.1. The van der Waals surface area contributed by atoms with E-state index >= 15 is 0 Å². The van der Waals surface area contributed by atoms with E-state index in [1.165, 1.54) is 5.56 Å². The van der Waals surface area contributed by atoms with E-state index in [-0.39, 0.29) is 25.1 Å². The first-order chi connectivity index (χ1) is 6.81.